The van der Waals surface area contributed by atoms with Crippen molar-refractivity contribution in [3.05, 3.63) is 57.6 Å². The van der Waals surface area contributed by atoms with E-state index < -0.39 is 16.7 Å². The summed E-state index contributed by atoms with van der Waals surface area (Å²) in [6.07, 6.45) is 1.41. The van der Waals surface area contributed by atoms with Crippen molar-refractivity contribution >= 4 is 45.6 Å². The summed E-state index contributed by atoms with van der Waals surface area (Å²) < 4.78 is 22.1. The number of carbonyl (C=O) groups is 1. The second-order valence-electron chi connectivity index (χ2n) is 4.97. The van der Waals surface area contributed by atoms with E-state index in [1.165, 1.54) is 13.3 Å². The highest BCUT2D eigenvalue weighted by Crippen LogP contribution is 2.23. The van der Waals surface area contributed by atoms with Gasteiger partial charge in [-0.25, -0.2) is 4.98 Å². The van der Waals surface area contributed by atoms with Crippen LogP contribution >= 0.6 is 23.2 Å². The van der Waals surface area contributed by atoms with E-state index in [0.717, 1.165) is 5.56 Å². The predicted molar refractivity (Wildman–Crippen MR) is 103 cm³/mol. The number of halogens is 2. The normalized spacial score (nSPS) is 12.8. The molecule has 2 rings (SSSR count). The first-order valence-electron chi connectivity index (χ1n) is 7.32. The lowest BCUT2D eigenvalue weighted by molar-refractivity contribution is -0.112. The molecule has 1 heterocycles. The molecule has 0 spiro atoms. The van der Waals surface area contributed by atoms with E-state index >= 15 is 0 Å². The van der Waals surface area contributed by atoms with Gasteiger partial charge in [0.05, 0.1) is 42.7 Å². The van der Waals surface area contributed by atoms with E-state index in [1.54, 1.807) is 43.5 Å². The van der Waals surface area contributed by atoms with Crippen molar-refractivity contribution in [2.45, 2.75) is 5.75 Å². The van der Waals surface area contributed by atoms with Crippen LogP contribution in [0.25, 0.3) is 0 Å². The lowest BCUT2D eigenvalue weighted by Gasteiger charge is -2.07. The molecule has 138 valence electrons. The summed E-state index contributed by atoms with van der Waals surface area (Å²) >= 11 is 12.0. The first-order chi connectivity index (χ1) is 12.4. The second-order valence-corrected chi connectivity index (χ2v) is 7.34. The van der Waals surface area contributed by atoms with Crippen LogP contribution in [0.2, 0.25) is 0 Å². The quantitative estimate of drug-likeness (QED) is 0.699. The van der Waals surface area contributed by atoms with Crippen LogP contribution in [0.15, 0.2) is 52.0 Å². The lowest BCUT2D eigenvalue weighted by Crippen LogP contribution is -2.14. The number of aromatic nitrogens is 1. The Labute approximate surface area is 163 Å². The summed E-state index contributed by atoms with van der Waals surface area (Å²) in [7, 11) is 1.38. The molecule has 0 saturated carbocycles. The average Bonchev–Trinajstić information content (AvgIpc) is 2.67. The largest absolute Gasteiger partial charge is 0.497 e. The molecular formula is C17H16Cl2N2O4S. The van der Waals surface area contributed by atoms with Crippen molar-refractivity contribution in [2.75, 3.05) is 19.5 Å². The van der Waals surface area contributed by atoms with Crippen molar-refractivity contribution in [3.63, 3.8) is 0 Å². The van der Waals surface area contributed by atoms with Gasteiger partial charge in [-0.1, -0.05) is 35.3 Å². The standard InChI is InChI=1S/C17H16Cl2N2O4S/c1-24-13-6-3-11(4-7-13)10-26(23)16(19)15(18)17(22)21-12-5-8-14(25-2)20-9-12/h3-9H,10H2,1-2H3,(H,21,22)/b16-15+/t26-/m1/s1. The molecule has 0 unspecified atom stereocenters. The first-order valence-corrected chi connectivity index (χ1v) is 9.40. The Morgan fingerprint density at radius 1 is 1.12 bits per heavy atom. The van der Waals surface area contributed by atoms with Crippen LogP contribution in [-0.2, 0) is 21.3 Å². The van der Waals surface area contributed by atoms with Crippen LogP contribution < -0.4 is 14.8 Å². The topological polar surface area (TPSA) is 77.5 Å². The van der Waals surface area contributed by atoms with E-state index in [1.807, 2.05) is 0 Å². The highest BCUT2D eigenvalue weighted by Gasteiger charge is 2.18. The highest BCUT2D eigenvalue weighted by atomic mass is 35.5. The van der Waals surface area contributed by atoms with Crippen molar-refractivity contribution in [1.29, 1.82) is 0 Å². The van der Waals surface area contributed by atoms with Gasteiger partial charge in [0.25, 0.3) is 5.91 Å². The number of nitrogens with one attached hydrogen (secondary N) is 1. The Morgan fingerprint density at radius 3 is 2.35 bits per heavy atom. The molecule has 1 amide bonds. The minimum atomic E-state index is -1.66. The molecule has 0 aliphatic heterocycles. The third-order valence-electron chi connectivity index (χ3n) is 3.23. The maximum Gasteiger partial charge on any atom is 0.269 e. The molecule has 9 heteroatoms. The van der Waals surface area contributed by atoms with Crippen LogP contribution in [0, 0.1) is 0 Å². The van der Waals surface area contributed by atoms with Crippen LogP contribution in [0.4, 0.5) is 5.69 Å². The van der Waals surface area contributed by atoms with Gasteiger partial charge in [0.15, 0.2) is 0 Å². The molecule has 1 atom stereocenters. The van der Waals surface area contributed by atoms with Crippen LogP contribution in [0.1, 0.15) is 5.56 Å². The van der Waals surface area contributed by atoms with Gasteiger partial charge in [-0.3, -0.25) is 9.00 Å². The van der Waals surface area contributed by atoms with Crippen molar-refractivity contribution in [1.82, 2.24) is 4.98 Å². The van der Waals surface area contributed by atoms with Crippen molar-refractivity contribution in [2.24, 2.45) is 0 Å². The lowest BCUT2D eigenvalue weighted by atomic mass is 10.2. The van der Waals surface area contributed by atoms with Gasteiger partial charge in [-0.05, 0) is 23.8 Å². The van der Waals surface area contributed by atoms with E-state index in [4.69, 9.17) is 32.7 Å². The Bertz CT molecular complexity index is 754. The van der Waals surface area contributed by atoms with Crippen LogP contribution in [-0.4, -0.2) is 29.3 Å². The Kier molecular flexibility index (Phi) is 7.44. The molecule has 2 aromatic rings. The number of nitrogens with zero attached hydrogens (tertiary/aromatic N) is 1. The average molecular weight is 415 g/mol. The Balaban J connectivity index is 2.05. The number of hydrogen-bond acceptors (Lipinski definition) is 5. The highest BCUT2D eigenvalue weighted by molar-refractivity contribution is 7.90. The number of methoxy groups -OCH3 is 2. The zero-order chi connectivity index (χ0) is 19.1. The molecule has 0 aliphatic rings. The van der Waals surface area contributed by atoms with Crippen molar-refractivity contribution < 1.29 is 18.5 Å². The number of anilines is 1. The molecule has 0 fully saturated rings. The summed E-state index contributed by atoms with van der Waals surface area (Å²) in [5, 5.41) is 2.19. The maximum absolute atomic E-state index is 12.3. The first kappa shape index (κ1) is 20.2. The molecule has 0 bridgehead atoms. The number of amides is 1. The van der Waals surface area contributed by atoms with Gasteiger partial charge in [-0.2, -0.15) is 0 Å². The number of ether oxygens (including phenoxy) is 2. The summed E-state index contributed by atoms with van der Waals surface area (Å²) in [4.78, 5) is 16.1. The fraction of sp³-hybridized carbons (Fsp3) is 0.176. The fourth-order valence-corrected chi connectivity index (χ4v) is 3.36. The van der Waals surface area contributed by atoms with Crippen LogP contribution in [0.5, 0.6) is 11.6 Å². The summed E-state index contributed by atoms with van der Waals surface area (Å²) in [5.41, 5.74) is 1.17. The van der Waals surface area contributed by atoms with E-state index in [2.05, 4.69) is 10.3 Å². The number of pyridine rings is 1. The van der Waals surface area contributed by atoms with E-state index in [9.17, 15) is 9.00 Å². The Hall–Kier alpha value is -2.09. The third-order valence-corrected chi connectivity index (χ3v) is 5.71. The van der Waals surface area contributed by atoms with Crippen LogP contribution in [0.3, 0.4) is 0 Å². The summed E-state index contributed by atoms with van der Waals surface area (Å²) in [6, 6.07) is 10.2. The zero-order valence-electron chi connectivity index (χ0n) is 14.0. The molecule has 0 aliphatic carbocycles. The SMILES string of the molecule is COc1ccc(C[S@@](=O)/C(Cl)=C(/Cl)C(=O)Nc2ccc(OC)nc2)cc1. The smallest absolute Gasteiger partial charge is 0.269 e. The molecule has 1 aromatic carbocycles. The van der Waals surface area contributed by atoms with Gasteiger partial charge in [-0.15, -0.1) is 0 Å². The number of hydrogen-bond donors (Lipinski definition) is 1. The molecule has 0 radical (unpaired) electrons. The molecule has 6 nitrogen and oxygen atoms in total. The van der Waals surface area contributed by atoms with Gasteiger partial charge in [0, 0.05) is 6.07 Å². The van der Waals surface area contributed by atoms with Gasteiger partial charge in [0.2, 0.25) is 5.88 Å². The number of carbonyl (C=O) groups excluding carboxylic acids is 1. The van der Waals surface area contributed by atoms with E-state index in [-0.39, 0.29) is 15.1 Å². The predicted octanol–water partition coefficient (Wildman–Crippen LogP) is 3.63. The Morgan fingerprint density at radius 2 is 1.81 bits per heavy atom. The maximum atomic E-state index is 12.3. The minimum absolute atomic E-state index is 0.121. The molecule has 26 heavy (non-hydrogen) atoms. The van der Waals surface area contributed by atoms with Gasteiger partial charge < -0.3 is 14.8 Å². The summed E-state index contributed by atoms with van der Waals surface area (Å²) in [5.74, 6) is 0.540. The fourth-order valence-electron chi connectivity index (χ4n) is 1.89. The molecule has 0 saturated heterocycles. The molecular weight excluding hydrogens is 399 g/mol. The third kappa shape index (κ3) is 5.45. The van der Waals surface area contributed by atoms with Gasteiger partial charge in [0.1, 0.15) is 15.1 Å². The summed E-state index contributed by atoms with van der Waals surface area (Å²) in [6.45, 7) is 0. The zero-order valence-corrected chi connectivity index (χ0v) is 16.3. The second kappa shape index (κ2) is 9.56. The molecule has 1 aromatic heterocycles. The minimum Gasteiger partial charge on any atom is -0.497 e. The van der Waals surface area contributed by atoms with E-state index in [0.29, 0.717) is 17.3 Å². The van der Waals surface area contributed by atoms with Crippen molar-refractivity contribution in [3.8, 4) is 11.6 Å². The van der Waals surface area contributed by atoms with Gasteiger partial charge >= 0.3 is 0 Å². The number of benzene rings is 1. The molecule has 1 N–H and O–H groups in total. The monoisotopic (exact) mass is 414 g/mol. The number of rotatable bonds is 7.